The SMILES string of the molecule is Cc1ccc(CCN/C=C(/C#N)C(=O)Nc2c(C)cccc2C(C)C)cc1. The molecule has 0 aliphatic carbocycles. The first-order chi connectivity index (χ1) is 12.9. The van der Waals surface area contributed by atoms with Crippen molar-refractivity contribution in [2.45, 2.75) is 40.0 Å². The molecule has 1 amide bonds. The maximum Gasteiger partial charge on any atom is 0.267 e. The molecule has 0 heterocycles. The lowest BCUT2D eigenvalue weighted by Crippen LogP contribution is -2.19. The Labute approximate surface area is 161 Å². The monoisotopic (exact) mass is 361 g/mol. The number of aryl methyl sites for hydroxylation is 2. The van der Waals surface area contributed by atoms with Crippen LogP contribution in [-0.4, -0.2) is 12.5 Å². The van der Waals surface area contributed by atoms with E-state index in [0.717, 1.165) is 23.2 Å². The molecule has 2 aromatic rings. The lowest BCUT2D eigenvalue weighted by atomic mass is 9.98. The number of rotatable bonds is 7. The van der Waals surface area contributed by atoms with E-state index in [0.29, 0.717) is 6.54 Å². The molecular formula is C23H27N3O. The molecule has 4 heteroatoms. The zero-order valence-corrected chi connectivity index (χ0v) is 16.5. The number of nitrogens with one attached hydrogen (secondary N) is 2. The van der Waals surface area contributed by atoms with E-state index in [4.69, 9.17) is 0 Å². The van der Waals surface area contributed by atoms with Gasteiger partial charge in [0.1, 0.15) is 11.6 Å². The summed E-state index contributed by atoms with van der Waals surface area (Å²) >= 11 is 0. The van der Waals surface area contributed by atoms with Gasteiger partial charge < -0.3 is 10.6 Å². The highest BCUT2D eigenvalue weighted by molar-refractivity contribution is 6.07. The standard InChI is InChI=1S/C23H27N3O/c1-16(2)21-7-5-6-18(4)22(21)26-23(27)20(14-24)15-25-13-12-19-10-8-17(3)9-11-19/h5-11,15-16,25H,12-13H2,1-4H3,(H,26,27)/b20-15-. The molecule has 140 valence electrons. The van der Waals surface area contributed by atoms with Gasteiger partial charge in [0.05, 0.1) is 0 Å². The Morgan fingerprint density at radius 2 is 1.85 bits per heavy atom. The average Bonchev–Trinajstić information content (AvgIpc) is 2.64. The van der Waals surface area contributed by atoms with Crippen molar-refractivity contribution < 1.29 is 4.79 Å². The molecule has 0 bridgehead atoms. The zero-order valence-electron chi connectivity index (χ0n) is 16.5. The second-order valence-corrected chi connectivity index (χ2v) is 7.01. The number of nitriles is 1. The first kappa shape index (κ1) is 20.3. The van der Waals surface area contributed by atoms with E-state index in [9.17, 15) is 10.1 Å². The second-order valence-electron chi connectivity index (χ2n) is 7.01. The molecule has 2 N–H and O–H groups in total. The van der Waals surface area contributed by atoms with Gasteiger partial charge >= 0.3 is 0 Å². The molecule has 0 aliphatic heterocycles. The summed E-state index contributed by atoms with van der Waals surface area (Å²) in [6.45, 7) is 8.83. The van der Waals surface area contributed by atoms with Crippen molar-refractivity contribution in [3.63, 3.8) is 0 Å². The van der Waals surface area contributed by atoms with E-state index in [1.54, 1.807) is 0 Å². The lowest BCUT2D eigenvalue weighted by molar-refractivity contribution is -0.112. The van der Waals surface area contributed by atoms with Crippen LogP contribution in [0.3, 0.4) is 0 Å². The fourth-order valence-corrected chi connectivity index (χ4v) is 2.82. The minimum absolute atomic E-state index is 0.0665. The van der Waals surface area contributed by atoms with Crippen LogP contribution in [0, 0.1) is 25.2 Å². The largest absolute Gasteiger partial charge is 0.389 e. The number of benzene rings is 2. The number of carbonyl (C=O) groups is 1. The fraction of sp³-hybridized carbons (Fsp3) is 0.304. The van der Waals surface area contributed by atoms with Crippen molar-refractivity contribution in [1.29, 1.82) is 5.26 Å². The molecule has 0 fully saturated rings. The van der Waals surface area contributed by atoms with Gasteiger partial charge in [-0.25, -0.2) is 0 Å². The quantitative estimate of drug-likeness (QED) is 0.430. The highest BCUT2D eigenvalue weighted by atomic mass is 16.1. The van der Waals surface area contributed by atoms with Crippen molar-refractivity contribution in [2.24, 2.45) is 0 Å². The summed E-state index contributed by atoms with van der Waals surface area (Å²) in [6.07, 6.45) is 2.32. The van der Waals surface area contributed by atoms with Crippen LogP contribution >= 0.6 is 0 Å². The molecule has 0 atom stereocenters. The van der Waals surface area contributed by atoms with Crippen molar-refractivity contribution in [2.75, 3.05) is 11.9 Å². The number of carbonyl (C=O) groups excluding carboxylic acids is 1. The molecule has 0 aliphatic rings. The number of para-hydroxylation sites is 1. The summed E-state index contributed by atoms with van der Waals surface area (Å²) < 4.78 is 0. The molecule has 27 heavy (non-hydrogen) atoms. The molecule has 2 aromatic carbocycles. The maximum absolute atomic E-state index is 12.5. The third-order valence-electron chi connectivity index (χ3n) is 4.46. The zero-order chi connectivity index (χ0) is 19.8. The minimum atomic E-state index is -0.392. The van der Waals surface area contributed by atoms with Gasteiger partial charge in [0.15, 0.2) is 0 Å². The van der Waals surface area contributed by atoms with Crippen molar-refractivity contribution >= 4 is 11.6 Å². The molecule has 0 aromatic heterocycles. The van der Waals surface area contributed by atoms with Gasteiger partial charge in [-0.2, -0.15) is 5.26 Å². The second kappa shape index (κ2) is 9.59. The van der Waals surface area contributed by atoms with Gasteiger partial charge in [-0.05, 0) is 42.9 Å². The summed E-state index contributed by atoms with van der Waals surface area (Å²) in [5, 5.41) is 15.3. The van der Waals surface area contributed by atoms with Gasteiger partial charge in [0.25, 0.3) is 5.91 Å². The van der Waals surface area contributed by atoms with E-state index in [1.165, 1.54) is 17.3 Å². The molecule has 0 unspecified atom stereocenters. The van der Waals surface area contributed by atoms with Crippen LogP contribution in [0.2, 0.25) is 0 Å². The molecule has 0 saturated carbocycles. The van der Waals surface area contributed by atoms with Crippen LogP contribution < -0.4 is 10.6 Å². The number of nitrogens with zero attached hydrogens (tertiary/aromatic N) is 1. The fourth-order valence-electron chi connectivity index (χ4n) is 2.82. The van der Waals surface area contributed by atoms with E-state index in [2.05, 4.69) is 55.7 Å². The Hall–Kier alpha value is -3.06. The van der Waals surface area contributed by atoms with Crippen LogP contribution in [0.5, 0.6) is 0 Å². The van der Waals surface area contributed by atoms with Gasteiger partial charge in [-0.15, -0.1) is 0 Å². The van der Waals surface area contributed by atoms with E-state index in [1.807, 2.05) is 31.2 Å². The summed E-state index contributed by atoms with van der Waals surface area (Å²) in [7, 11) is 0. The van der Waals surface area contributed by atoms with Crippen molar-refractivity contribution in [3.05, 3.63) is 76.5 Å². The Balaban J connectivity index is 2.00. The number of anilines is 1. The van der Waals surface area contributed by atoms with Gasteiger partial charge in [-0.1, -0.05) is 61.9 Å². The third kappa shape index (κ3) is 5.72. The van der Waals surface area contributed by atoms with Crippen LogP contribution in [-0.2, 0) is 11.2 Å². The Bertz CT molecular complexity index is 858. The Morgan fingerprint density at radius 3 is 2.48 bits per heavy atom. The predicted octanol–water partition coefficient (Wildman–Crippen LogP) is 4.61. The highest BCUT2D eigenvalue weighted by Gasteiger charge is 2.15. The van der Waals surface area contributed by atoms with Gasteiger partial charge in [0, 0.05) is 18.4 Å². The predicted molar refractivity (Wildman–Crippen MR) is 110 cm³/mol. The summed E-state index contributed by atoms with van der Waals surface area (Å²) in [4.78, 5) is 12.5. The van der Waals surface area contributed by atoms with Crippen LogP contribution in [0.4, 0.5) is 5.69 Å². The highest BCUT2D eigenvalue weighted by Crippen LogP contribution is 2.27. The maximum atomic E-state index is 12.5. The Morgan fingerprint density at radius 1 is 1.15 bits per heavy atom. The lowest BCUT2D eigenvalue weighted by Gasteiger charge is -2.16. The summed E-state index contributed by atoms with van der Waals surface area (Å²) in [6, 6.07) is 16.3. The van der Waals surface area contributed by atoms with Gasteiger partial charge in [-0.3, -0.25) is 4.79 Å². The average molecular weight is 361 g/mol. The van der Waals surface area contributed by atoms with E-state index in [-0.39, 0.29) is 11.5 Å². The number of amides is 1. The number of hydrogen-bond acceptors (Lipinski definition) is 3. The number of hydrogen-bond donors (Lipinski definition) is 2. The summed E-state index contributed by atoms with van der Waals surface area (Å²) in [5.41, 5.74) is 5.35. The minimum Gasteiger partial charge on any atom is -0.389 e. The van der Waals surface area contributed by atoms with Crippen LogP contribution in [0.15, 0.2) is 54.2 Å². The van der Waals surface area contributed by atoms with E-state index >= 15 is 0 Å². The summed E-state index contributed by atoms with van der Waals surface area (Å²) in [5.74, 6) is -0.112. The smallest absolute Gasteiger partial charge is 0.267 e. The topological polar surface area (TPSA) is 64.9 Å². The Kier molecular flexibility index (Phi) is 7.19. The van der Waals surface area contributed by atoms with E-state index < -0.39 is 5.91 Å². The first-order valence-electron chi connectivity index (χ1n) is 9.22. The van der Waals surface area contributed by atoms with Crippen LogP contribution in [0.1, 0.15) is 42.0 Å². The molecule has 0 spiro atoms. The van der Waals surface area contributed by atoms with Crippen LogP contribution in [0.25, 0.3) is 0 Å². The first-order valence-corrected chi connectivity index (χ1v) is 9.22. The normalized spacial score (nSPS) is 11.2. The van der Waals surface area contributed by atoms with Crippen molar-refractivity contribution in [3.8, 4) is 6.07 Å². The molecule has 0 saturated heterocycles. The molecule has 2 rings (SSSR count). The molecular weight excluding hydrogens is 334 g/mol. The third-order valence-corrected chi connectivity index (χ3v) is 4.46. The van der Waals surface area contributed by atoms with Gasteiger partial charge in [0.2, 0.25) is 0 Å². The molecule has 4 nitrogen and oxygen atoms in total. The van der Waals surface area contributed by atoms with Crippen molar-refractivity contribution in [1.82, 2.24) is 5.32 Å². The molecule has 0 radical (unpaired) electrons.